The minimum Gasteiger partial charge on any atom is -0.385 e. The van der Waals surface area contributed by atoms with Crippen LogP contribution in [0.1, 0.15) is 0 Å². The molecule has 2 fully saturated rings. The van der Waals surface area contributed by atoms with Gasteiger partial charge in [0.05, 0.1) is 17.9 Å². The highest BCUT2D eigenvalue weighted by atomic mass is 32.1. The molecule has 0 radical (unpaired) electrons. The molecule has 7 heteroatoms. The van der Waals surface area contributed by atoms with Crippen LogP contribution in [0.3, 0.4) is 0 Å². The molecule has 4 rings (SSSR count). The summed E-state index contributed by atoms with van der Waals surface area (Å²) in [5, 5.41) is 15.2. The standard InChI is InChI=1S/C17H24N4O2S/c22-17(11-18-5-10-23-13-17)12-20-6-8-21(9-7-20)16-14-3-1-2-4-15(14)24-19-16/h1-4,18,22H,5-13H2. The number of aromatic nitrogens is 1. The van der Waals surface area contributed by atoms with Crippen LogP contribution < -0.4 is 10.2 Å². The molecule has 0 bridgehead atoms. The first-order valence-corrected chi connectivity index (χ1v) is 9.33. The summed E-state index contributed by atoms with van der Waals surface area (Å²) in [4.78, 5) is 4.70. The second-order valence-corrected chi connectivity index (χ2v) is 7.52. The molecule has 0 aliphatic carbocycles. The molecule has 0 spiro atoms. The molecule has 3 heterocycles. The Hall–Kier alpha value is -1.25. The van der Waals surface area contributed by atoms with Gasteiger partial charge in [-0.15, -0.1) is 0 Å². The second kappa shape index (κ2) is 6.93. The van der Waals surface area contributed by atoms with Crippen LogP contribution in [-0.4, -0.2) is 79.0 Å². The number of aliphatic hydroxyl groups is 1. The van der Waals surface area contributed by atoms with E-state index < -0.39 is 5.60 Å². The number of piperazine rings is 1. The van der Waals surface area contributed by atoms with Gasteiger partial charge in [0.2, 0.25) is 0 Å². The quantitative estimate of drug-likeness (QED) is 0.854. The number of benzene rings is 1. The summed E-state index contributed by atoms with van der Waals surface area (Å²) in [6, 6.07) is 8.41. The van der Waals surface area contributed by atoms with Crippen molar-refractivity contribution in [2.45, 2.75) is 5.60 Å². The topological polar surface area (TPSA) is 60.9 Å². The molecule has 1 aromatic carbocycles. The molecule has 2 aliphatic heterocycles. The number of hydrogen-bond acceptors (Lipinski definition) is 7. The molecule has 1 atom stereocenters. The molecule has 2 aromatic rings. The first kappa shape index (κ1) is 16.2. The van der Waals surface area contributed by atoms with E-state index in [9.17, 15) is 5.11 Å². The number of nitrogens with one attached hydrogen (secondary N) is 1. The summed E-state index contributed by atoms with van der Waals surface area (Å²) < 4.78 is 11.4. The zero-order chi connectivity index (χ0) is 16.4. The van der Waals surface area contributed by atoms with Crippen LogP contribution in [0.15, 0.2) is 24.3 Å². The van der Waals surface area contributed by atoms with Gasteiger partial charge in [-0.1, -0.05) is 12.1 Å². The highest BCUT2D eigenvalue weighted by Crippen LogP contribution is 2.29. The third-order valence-corrected chi connectivity index (χ3v) is 5.61. The van der Waals surface area contributed by atoms with Gasteiger partial charge in [-0.3, -0.25) is 4.90 Å². The van der Waals surface area contributed by atoms with Gasteiger partial charge in [0.1, 0.15) is 11.4 Å². The predicted octanol–water partition coefficient (Wildman–Crippen LogP) is 0.769. The number of fused-ring (bicyclic) bond motifs is 1. The molecule has 2 N–H and O–H groups in total. The molecule has 2 saturated heterocycles. The maximum Gasteiger partial charge on any atom is 0.150 e. The minimum absolute atomic E-state index is 0.414. The van der Waals surface area contributed by atoms with Gasteiger partial charge in [-0.25, -0.2) is 0 Å². The lowest BCUT2D eigenvalue weighted by Crippen LogP contribution is -2.56. The molecule has 1 aromatic heterocycles. The lowest BCUT2D eigenvalue weighted by Gasteiger charge is -2.39. The monoisotopic (exact) mass is 348 g/mol. The molecule has 0 amide bonds. The average Bonchev–Trinajstić information content (AvgIpc) is 2.91. The average molecular weight is 348 g/mol. The summed E-state index contributed by atoms with van der Waals surface area (Å²) in [5.74, 6) is 1.11. The SMILES string of the molecule is OC1(CN2CCN(c3nsc4ccccc34)CC2)CNCCOC1. The Morgan fingerprint density at radius 2 is 2.08 bits per heavy atom. The van der Waals surface area contributed by atoms with Gasteiger partial charge in [0.25, 0.3) is 0 Å². The van der Waals surface area contributed by atoms with E-state index >= 15 is 0 Å². The first-order chi connectivity index (χ1) is 11.7. The van der Waals surface area contributed by atoms with E-state index in [1.54, 1.807) is 11.5 Å². The lowest BCUT2D eigenvalue weighted by atomic mass is 10.0. The molecule has 6 nitrogen and oxygen atoms in total. The fraction of sp³-hybridized carbons (Fsp3) is 0.588. The van der Waals surface area contributed by atoms with Gasteiger partial charge in [0, 0.05) is 51.2 Å². The van der Waals surface area contributed by atoms with Crippen molar-refractivity contribution in [1.29, 1.82) is 0 Å². The number of hydrogen-bond donors (Lipinski definition) is 2. The van der Waals surface area contributed by atoms with E-state index in [0.717, 1.165) is 38.5 Å². The summed E-state index contributed by atoms with van der Waals surface area (Å²) in [6.07, 6.45) is 0. The van der Waals surface area contributed by atoms with Crippen LogP contribution in [0.2, 0.25) is 0 Å². The predicted molar refractivity (Wildman–Crippen MR) is 96.9 cm³/mol. The third-order valence-electron chi connectivity index (χ3n) is 4.80. The van der Waals surface area contributed by atoms with Crippen LogP contribution in [-0.2, 0) is 4.74 Å². The van der Waals surface area contributed by atoms with Crippen molar-refractivity contribution in [3.8, 4) is 0 Å². The molecule has 2 aliphatic rings. The Morgan fingerprint density at radius 3 is 2.96 bits per heavy atom. The van der Waals surface area contributed by atoms with Gasteiger partial charge in [0.15, 0.2) is 0 Å². The number of rotatable bonds is 3. The number of ether oxygens (including phenoxy) is 1. The summed E-state index contributed by atoms with van der Waals surface area (Å²) in [6.45, 7) is 6.92. The van der Waals surface area contributed by atoms with Gasteiger partial charge < -0.3 is 20.1 Å². The van der Waals surface area contributed by atoms with Crippen molar-refractivity contribution in [3.63, 3.8) is 0 Å². The Morgan fingerprint density at radius 1 is 1.25 bits per heavy atom. The normalized spacial score (nSPS) is 26.6. The van der Waals surface area contributed by atoms with Crippen molar-refractivity contribution in [1.82, 2.24) is 14.6 Å². The van der Waals surface area contributed by atoms with E-state index in [2.05, 4.69) is 43.8 Å². The van der Waals surface area contributed by atoms with Gasteiger partial charge in [-0.2, -0.15) is 4.37 Å². The Bertz CT molecular complexity index is 676. The van der Waals surface area contributed by atoms with Crippen LogP contribution in [0.25, 0.3) is 10.1 Å². The highest BCUT2D eigenvalue weighted by molar-refractivity contribution is 7.13. The molecule has 0 saturated carbocycles. The Balaban J connectivity index is 1.38. The molecular weight excluding hydrogens is 324 g/mol. The van der Waals surface area contributed by atoms with Crippen LogP contribution in [0.5, 0.6) is 0 Å². The fourth-order valence-electron chi connectivity index (χ4n) is 3.51. The van der Waals surface area contributed by atoms with Gasteiger partial charge in [-0.05, 0) is 23.7 Å². The third kappa shape index (κ3) is 3.41. The molecule has 1 unspecified atom stereocenters. The Labute approximate surface area is 146 Å². The number of anilines is 1. The minimum atomic E-state index is -0.786. The van der Waals surface area contributed by atoms with E-state index in [-0.39, 0.29) is 0 Å². The zero-order valence-corrected chi connectivity index (χ0v) is 14.6. The second-order valence-electron chi connectivity index (χ2n) is 6.72. The first-order valence-electron chi connectivity index (χ1n) is 8.56. The molecule has 24 heavy (non-hydrogen) atoms. The maximum atomic E-state index is 10.7. The largest absolute Gasteiger partial charge is 0.385 e. The smallest absolute Gasteiger partial charge is 0.150 e. The van der Waals surface area contributed by atoms with E-state index in [0.29, 0.717) is 26.3 Å². The van der Waals surface area contributed by atoms with Crippen molar-refractivity contribution in [2.75, 3.05) is 63.9 Å². The van der Waals surface area contributed by atoms with Crippen molar-refractivity contribution in [2.24, 2.45) is 0 Å². The van der Waals surface area contributed by atoms with Crippen molar-refractivity contribution < 1.29 is 9.84 Å². The summed E-state index contributed by atoms with van der Waals surface area (Å²) in [5.41, 5.74) is -0.786. The van der Waals surface area contributed by atoms with E-state index in [4.69, 9.17) is 4.74 Å². The van der Waals surface area contributed by atoms with Gasteiger partial charge >= 0.3 is 0 Å². The highest BCUT2D eigenvalue weighted by Gasteiger charge is 2.32. The zero-order valence-electron chi connectivity index (χ0n) is 13.8. The van der Waals surface area contributed by atoms with Crippen molar-refractivity contribution >= 4 is 27.4 Å². The lowest BCUT2D eigenvalue weighted by molar-refractivity contribution is -0.0495. The van der Waals surface area contributed by atoms with Crippen LogP contribution >= 0.6 is 11.5 Å². The van der Waals surface area contributed by atoms with Crippen LogP contribution in [0, 0.1) is 0 Å². The van der Waals surface area contributed by atoms with E-state index in [1.807, 2.05) is 0 Å². The molecular formula is C17H24N4O2S. The Kier molecular flexibility index (Phi) is 4.69. The summed E-state index contributed by atoms with van der Waals surface area (Å²) >= 11 is 1.57. The maximum absolute atomic E-state index is 10.7. The summed E-state index contributed by atoms with van der Waals surface area (Å²) in [7, 11) is 0. The van der Waals surface area contributed by atoms with Crippen molar-refractivity contribution in [3.05, 3.63) is 24.3 Å². The van der Waals surface area contributed by atoms with Crippen LogP contribution in [0.4, 0.5) is 5.82 Å². The molecule has 130 valence electrons. The fourth-order valence-corrected chi connectivity index (χ4v) is 4.31. The number of β-amino-alcohol motifs (C(OH)–C–C–N with tert-alkyl or cyclic N) is 1. The number of nitrogens with zero attached hydrogens (tertiary/aromatic N) is 3. The van der Waals surface area contributed by atoms with E-state index in [1.165, 1.54) is 10.1 Å².